The standard InChI is InChI=1S/C26H22N6O/c1-28-23-11-10-22-24(29-23)25(21(16-27)26(33)30(22)2)32-14-12-31(13-15-32)17-19-8-5-7-18-6-3-4-9-20(18)19/h3-11H,12-15,17H2,2H3. The third-order valence-corrected chi connectivity index (χ3v) is 6.39. The Morgan fingerprint density at radius 1 is 1.06 bits per heavy atom. The average molecular weight is 435 g/mol. The molecule has 0 unspecified atom stereocenters. The second-order valence-electron chi connectivity index (χ2n) is 8.25. The Hall–Kier alpha value is -4.20. The maximum absolute atomic E-state index is 12.9. The van der Waals surface area contributed by atoms with E-state index in [-0.39, 0.29) is 16.9 Å². The van der Waals surface area contributed by atoms with Gasteiger partial charge in [0.1, 0.15) is 17.3 Å². The van der Waals surface area contributed by atoms with Crippen LogP contribution in [0.15, 0.2) is 59.4 Å². The van der Waals surface area contributed by atoms with E-state index in [9.17, 15) is 10.1 Å². The zero-order valence-electron chi connectivity index (χ0n) is 18.3. The first-order valence-corrected chi connectivity index (χ1v) is 10.9. The maximum atomic E-state index is 12.9. The number of fused-ring (bicyclic) bond motifs is 2. The SMILES string of the molecule is [C-]#[N+]c1ccc2c(n1)c(N1CCN(Cc3cccc4ccccc34)CC1)c(C#N)c(=O)n2C. The molecule has 4 aromatic rings. The summed E-state index contributed by atoms with van der Waals surface area (Å²) >= 11 is 0. The lowest BCUT2D eigenvalue weighted by Gasteiger charge is -2.36. The molecule has 0 aliphatic carbocycles. The number of hydrogen-bond acceptors (Lipinski definition) is 5. The van der Waals surface area contributed by atoms with Crippen molar-refractivity contribution in [1.82, 2.24) is 14.5 Å². The van der Waals surface area contributed by atoms with Gasteiger partial charge in [-0.2, -0.15) is 5.26 Å². The van der Waals surface area contributed by atoms with Gasteiger partial charge in [0.2, 0.25) is 5.52 Å². The highest BCUT2D eigenvalue weighted by molar-refractivity contribution is 5.92. The Kier molecular flexibility index (Phi) is 5.26. The number of pyridine rings is 2. The summed E-state index contributed by atoms with van der Waals surface area (Å²) < 4.78 is 1.44. The van der Waals surface area contributed by atoms with Crippen LogP contribution in [0.5, 0.6) is 0 Å². The fourth-order valence-corrected chi connectivity index (χ4v) is 4.65. The van der Waals surface area contributed by atoms with Gasteiger partial charge in [0.15, 0.2) is 0 Å². The van der Waals surface area contributed by atoms with Crippen LogP contribution < -0.4 is 10.5 Å². The molecule has 0 radical (unpaired) electrons. The van der Waals surface area contributed by atoms with Gasteiger partial charge in [-0.25, -0.2) is 0 Å². The van der Waals surface area contributed by atoms with Gasteiger partial charge in [-0.15, -0.1) is 4.98 Å². The van der Waals surface area contributed by atoms with Crippen LogP contribution in [0.4, 0.5) is 11.5 Å². The van der Waals surface area contributed by atoms with Gasteiger partial charge < -0.3 is 14.3 Å². The van der Waals surface area contributed by atoms with Crippen molar-refractivity contribution in [3.63, 3.8) is 0 Å². The van der Waals surface area contributed by atoms with Gasteiger partial charge in [-0.3, -0.25) is 9.69 Å². The lowest BCUT2D eigenvalue weighted by atomic mass is 10.0. The molecule has 1 aliphatic rings. The van der Waals surface area contributed by atoms with Gasteiger partial charge in [0.25, 0.3) is 11.4 Å². The largest absolute Gasteiger partial charge is 0.364 e. The number of nitriles is 1. The molecule has 7 nitrogen and oxygen atoms in total. The van der Waals surface area contributed by atoms with Crippen molar-refractivity contribution in [3.8, 4) is 6.07 Å². The molecule has 33 heavy (non-hydrogen) atoms. The molecule has 162 valence electrons. The summed E-state index contributed by atoms with van der Waals surface area (Å²) in [7, 11) is 1.64. The van der Waals surface area contributed by atoms with Crippen LogP contribution in [-0.2, 0) is 13.6 Å². The van der Waals surface area contributed by atoms with Crippen LogP contribution in [0, 0.1) is 17.9 Å². The number of rotatable bonds is 3. The minimum absolute atomic E-state index is 0.0853. The second kappa shape index (κ2) is 8.38. The molecule has 0 atom stereocenters. The van der Waals surface area contributed by atoms with E-state index in [4.69, 9.17) is 6.57 Å². The van der Waals surface area contributed by atoms with Crippen LogP contribution >= 0.6 is 0 Å². The van der Waals surface area contributed by atoms with Gasteiger partial charge in [0, 0.05) is 39.8 Å². The first kappa shape index (κ1) is 20.7. The summed E-state index contributed by atoms with van der Waals surface area (Å²) in [6.07, 6.45) is 0. The zero-order valence-corrected chi connectivity index (χ0v) is 18.3. The van der Waals surface area contributed by atoms with Crippen LogP contribution in [0.2, 0.25) is 0 Å². The second-order valence-corrected chi connectivity index (χ2v) is 8.25. The highest BCUT2D eigenvalue weighted by atomic mass is 16.1. The normalized spacial score (nSPS) is 14.3. The molecule has 2 aromatic carbocycles. The summed E-state index contributed by atoms with van der Waals surface area (Å²) in [5.41, 5.74) is 2.74. The monoisotopic (exact) mass is 434 g/mol. The zero-order chi connectivity index (χ0) is 22.9. The van der Waals surface area contributed by atoms with E-state index in [1.165, 1.54) is 20.9 Å². The number of aryl methyl sites for hydroxylation is 1. The topological polar surface area (TPSA) is 69.5 Å². The minimum Gasteiger partial charge on any atom is -0.364 e. The number of benzene rings is 2. The van der Waals surface area contributed by atoms with Gasteiger partial charge in [-0.1, -0.05) is 49.0 Å². The molecule has 2 aromatic heterocycles. The Morgan fingerprint density at radius 2 is 1.82 bits per heavy atom. The molecule has 1 aliphatic heterocycles. The number of hydrogen-bond donors (Lipinski definition) is 0. The molecular weight excluding hydrogens is 412 g/mol. The summed E-state index contributed by atoms with van der Waals surface area (Å²) in [6.45, 7) is 11.1. The van der Waals surface area contributed by atoms with Crippen molar-refractivity contribution >= 4 is 33.3 Å². The van der Waals surface area contributed by atoms with Crippen LogP contribution in [0.25, 0.3) is 26.7 Å². The van der Waals surface area contributed by atoms with E-state index in [0.717, 1.165) is 19.6 Å². The van der Waals surface area contributed by atoms with E-state index >= 15 is 0 Å². The molecule has 0 bridgehead atoms. The first-order valence-electron chi connectivity index (χ1n) is 10.9. The van der Waals surface area contributed by atoms with Crippen molar-refractivity contribution in [2.24, 2.45) is 7.05 Å². The van der Waals surface area contributed by atoms with E-state index in [1.807, 2.05) is 0 Å². The Labute approximate surface area is 191 Å². The molecule has 0 amide bonds. The van der Waals surface area contributed by atoms with E-state index in [1.54, 1.807) is 19.2 Å². The summed E-state index contributed by atoms with van der Waals surface area (Å²) in [4.78, 5) is 25.3. The first-order chi connectivity index (χ1) is 16.1. The highest BCUT2D eigenvalue weighted by Crippen LogP contribution is 2.30. The molecule has 3 heterocycles. The summed E-state index contributed by atoms with van der Waals surface area (Å²) in [6, 6.07) is 20.2. The maximum Gasteiger partial charge on any atom is 0.271 e. The van der Waals surface area contributed by atoms with E-state index < -0.39 is 0 Å². The highest BCUT2D eigenvalue weighted by Gasteiger charge is 2.27. The summed E-state index contributed by atoms with van der Waals surface area (Å²) in [5, 5.41) is 12.3. The number of anilines is 1. The lowest BCUT2D eigenvalue weighted by Crippen LogP contribution is -2.47. The molecule has 0 saturated carbocycles. The number of aromatic nitrogens is 2. The Bertz CT molecular complexity index is 1510. The van der Waals surface area contributed by atoms with Crippen molar-refractivity contribution in [2.75, 3.05) is 31.1 Å². The number of nitrogens with zero attached hydrogens (tertiary/aromatic N) is 6. The third-order valence-electron chi connectivity index (χ3n) is 6.39. The Morgan fingerprint density at radius 3 is 2.58 bits per heavy atom. The lowest BCUT2D eigenvalue weighted by molar-refractivity contribution is 0.251. The molecular formula is C26H22N6O. The van der Waals surface area contributed by atoms with Crippen molar-refractivity contribution in [3.05, 3.63) is 87.5 Å². The van der Waals surface area contributed by atoms with E-state index in [0.29, 0.717) is 29.8 Å². The molecule has 1 saturated heterocycles. The fraction of sp³-hybridized carbons (Fsp3) is 0.231. The van der Waals surface area contributed by atoms with Gasteiger partial charge in [-0.05, 0) is 28.5 Å². The molecule has 0 spiro atoms. The Balaban J connectivity index is 1.46. The van der Waals surface area contributed by atoms with Crippen molar-refractivity contribution < 1.29 is 0 Å². The predicted octanol–water partition coefficient (Wildman–Crippen LogP) is 3.83. The van der Waals surface area contributed by atoms with E-state index in [2.05, 4.69) is 68.2 Å². The smallest absolute Gasteiger partial charge is 0.271 e. The molecule has 0 N–H and O–H groups in total. The fourth-order valence-electron chi connectivity index (χ4n) is 4.65. The van der Waals surface area contributed by atoms with Crippen LogP contribution in [0.1, 0.15) is 11.1 Å². The van der Waals surface area contributed by atoms with Crippen molar-refractivity contribution in [1.29, 1.82) is 5.26 Å². The van der Waals surface area contributed by atoms with Crippen LogP contribution in [-0.4, -0.2) is 40.6 Å². The van der Waals surface area contributed by atoms with Gasteiger partial charge in [0.05, 0.1) is 5.52 Å². The average Bonchev–Trinajstić information content (AvgIpc) is 2.86. The molecule has 7 heteroatoms. The predicted molar refractivity (Wildman–Crippen MR) is 129 cm³/mol. The quantitative estimate of drug-likeness (QED) is 0.459. The minimum atomic E-state index is -0.337. The van der Waals surface area contributed by atoms with Crippen molar-refractivity contribution in [2.45, 2.75) is 6.54 Å². The van der Waals surface area contributed by atoms with Crippen LogP contribution in [0.3, 0.4) is 0 Å². The third kappa shape index (κ3) is 3.59. The van der Waals surface area contributed by atoms with Gasteiger partial charge >= 0.3 is 0 Å². The molecule has 5 rings (SSSR count). The molecule has 1 fully saturated rings. The number of piperazine rings is 1. The summed E-state index contributed by atoms with van der Waals surface area (Å²) in [5.74, 6) is 0.251.